The summed E-state index contributed by atoms with van der Waals surface area (Å²) in [5, 5.41) is 5.33. The number of sulfonamides is 1. The molecule has 1 saturated carbocycles. The van der Waals surface area contributed by atoms with Crippen molar-refractivity contribution in [3.8, 4) is 0 Å². The van der Waals surface area contributed by atoms with Crippen LogP contribution in [0.3, 0.4) is 0 Å². The lowest BCUT2D eigenvalue weighted by molar-refractivity contribution is -0.117. The number of thiazole rings is 1. The number of aromatic nitrogens is 1. The fraction of sp³-hybridized carbons (Fsp3) is 0.412. The normalized spacial score (nSPS) is 17.0. The van der Waals surface area contributed by atoms with Crippen LogP contribution in [0.15, 0.2) is 34.7 Å². The van der Waals surface area contributed by atoms with Crippen molar-refractivity contribution < 1.29 is 13.2 Å². The van der Waals surface area contributed by atoms with Crippen molar-refractivity contribution in [1.82, 2.24) is 10.3 Å². The van der Waals surface area contributed by atoms with Crippen molar-refractivity contribution in [1.29, 1.82) is 0 Å². The van der Waals surface area contributed by atoms with E-state index in [1.165, 1.54) is 17.8 Å². The Labute approximate surface area is 156 Å². The fourth-order valence-corrected chi connectivity index (χ4v) is 5.03. The number of carbonyl (C=O) groups excluding carboxylic acids is 1. The molecule has 0 saturated heterocycles. The second-order valence-corrected chi connectivity index (χ2v) is 9.11. The van der Waals surface area contributed by atoms with Crippen LogP contribution in [-0.2, 0) is 21.2 Å². The zero-order chi connectivity index (χ0) is 18.1. The van der Waals surface area contributed by atoms with Crippen molar-refractivity contribution in [2.45, 2.75) is 36.6 Å². The van der Waals surface area contributed by atoms with Gasteiger partial charge in [-0.3, -0.25) is 9.52 Å². The third-order valence-corrected chi connectivity index (χ3v) is 7.01. The summed E-state index contributed by atoms with van der Waals surface area (Å²) in [6, 6.07) is 5.38. The molecule has 0 atom stereocenters. The number of rotatable bonds is 6. The predicted octanol–water partition coefficient (Wildman–Crippen LogP) is 1.98. The first-order chi connectivity index (χ1) is 12.5. The molecule has 1 aromatic carbocycles. The molecule has 0 bridgehead atoms. The zero-order valence-corrected chi connectivity index (χ0v) is 15.8. The van der Waals surface area contributed by atoms with Crippen LogP contribution in [-0.4, -0.2) is 38.4 Å². The Balaban J connectivity index is 1.48. The summed E-state index contributed by atoms with van der Waals surface area (Å²) in [5.74, 6) is 0.0344. The third-order valence-electron chi connectivity index (χ3n) is 4.86. The third kappa shape index (κ3) is 3.46. The molecule has 7 nitrogen and oxygen atoms in total. The van der Waals surface area contributed by atoms with E-state index in [2.05, 4.69) is 15.0 Å². The van der Waals surface area contributed by atoms with E-state index in [0.29, 0.717) is 30.7 Å². The molecule has 9 heteroatoms. The Kier molecular flexibility index (Phi) is 4.68. The molecule has 0 spiro atoms. The van der Waals surface area contributed by atoms with E-state index in [4.69, 9.17) is 0 Å². The van der Waals surface area contributed by atoms with E-state index >= 15 is 0 Å². The van der Waals surface area contributed by atoms with E-state index in [9.17, 15) is 13.2 Å². The van der Waals surface area contributed by atoms with E-state index < -0.39 is 10.0 Å². The molecule has 0 radical (unpaired) electrons. The minimum atomic E-state index is -3.68. The maximum atomic E-state index is 12.5. The molecule has 1 aliphatic carbocycles. The van der Waals surface area contributed by atoms with Gasteiger partial charge < -0.3 is 10.2 Å². The Morgan fingerprint density at radius 1 is 1.35 bits per heavy atom. The maximum Gasteiger partial charge on any atom is 0.263 e. The molecular weight excluding hydrogens is 372 g/mol. The highest BCUT2D eigenvalue weighted by Crippen LogP contribution is 2.31. The topological polar surface area (TPSA) is 91.4 Å². The first kappa shape index (κ1) is 17.4. The molecule has 1 amide bonds. The van der Waals surface area contributed by atoms with Gasteiger partial charge in [-0.05, 0) is 43.0 Å². The smallest absolute Gasteiger partial charge is 0.263 e. The van der Waals surface area contributed by atoms with Crippen LogP contribution < -0.4 is 14.9 Å². The summed E-state index contributed by atoms with van der Waals surface area (Å²) >= 11 is 1.23. The minimum Gasteiger partial charge on any atom is -0.311 e. The molecule has 1 aliphatic heterocycles. The van der Waals surface area contributed by atoms with Gasteiger partial charge >= 0.3 is 0 Å². The van der Waals surface area contributed by atoms with Crippen molar-refractivity contribution in [3.05, 3.63) is 35.3 Å². The second kappa shape index (κ2) is 6.98. The molecule has 4 rings (SSSR count). The van der Waals surface area contributed by atoms with Gasteiger partial charge in [-0.2, -0.15) is 0 Å². The highest BCUT2D eigenvalue weighted by Gasteiger charge is 2.27. The van der Waals surface area contributed by atoms with Crippen LogP contribution in [0.5, 0.6) is 0 Å². The number of nitrogens with one attached hydrogen (secondary N) is 2. The molecule has 2 heterocycles. The van der Waals surface area contributed by atoms with Crippen molar-refractivity contribution in [3.63, 3.8) is 0 Å². The Hall–Kier alpha value is -1.97. The van der Waals surface area contributed by atoms with E-state index in [0.717, 1.165) is 24.1 Å². The van der Waals surface area contributed by atoms with E-state index in [1.54, 1.807) is 34.7 Å². The van der Waals surface area contributed by atoms with Crippen LogP contribution in [0, 0.1) is 0 Å². The van der Waals surface area contributed by atoms with Gasteiger partial charge in [-0.25, -0.2) is 13.4 Å². The summed E-state index contributed by atoms with van der Waals surface area (Å²) in [6.07, 6.45) is 5.70. The standard InChI is InChI=1S/C17H20N4O3S2/c22-16(11-19-13-2-1-3-13)21-8-6-12-10-14(4-5-15(12)21)26(23,24)20-17-18-7-9-25-17/h4-5,7,9-10,13,19H,1-3,6,8,11H2,(H,18,20). The Morgan fingerprint density at radius 2 is 2.19 bits per heavy atom. The SMILES string of the molecule is O=C(CNC1CCC1)N1CCc2cc(S(=O)(=O)Nc3nccs3)ccc21. The number of benzene rings is 1. The van der Waals surface area contributed by atoms with Gasteiger partial charge in [-0.1, -0.05) is 6.42 Å². The number of hydrogen-bond acceptors (Lipinski definition) is 6. The van der Waals surface area contributed by atoms with Gasteiger partial charge in [0.1, 0.15) is 0 Å². The lowest BCUT2D eigenvalue weighted by Gasteiger charge is -2.27. The van der Waals surface area contributed by atoms with E-state index in [-0.39, 0.29) is 10.8 Å². The number of fused-ring (bicyclic) bond motifs is 1. The van der Waals surface area contributed by atoms with Crippen LogP contribution in [0.4, 0.5) is 10.8 Å². The number of amides is 1. The van der Waals surface area contributed by atoms with Gasteiger partial charge in [0.15, 0.2) is 5.13 Å². The first-order valence-corrected chi connectivity index (χ1v) is 11.0. The molecule has 26 heavy (non-hydrogen) atoms. The second-order valence-electron chi connectivity index (χ2n) is 6.54. The summed E-state index contributed by atoms with van der Waals surface area (Å²) in [7, 11) is -3.68. The lowest BCUT2D eigenvalue weighted by atomic mass is 9.93. The van der Waals surface area contributed by atoms with Crippen LogP contribution in [0.1, 0.15) is 24.8 Å². The van der Waals surface area contributed by atoms with Gasteiger partial charge in [0, 0.05) is 29.9 Å². The van der Waals surface area contributed by atoms with Crippen LogP contribution in [0.2, 0.25) is 0 Å². The van der Waals surface area contributed by atoms with Crippen LogP contribution in [0.25, 0.3) is 0 Å². The molecule has 2 N–H and O–H groups in total. The fourth-order valence-electron chi connectivity index (χ4n) is 3.19. The van der Waals surface area contributed by atoms with Gasteiger partial charge in [0.2, 0.25) is 5.91 Å². The van der Waals surface area contributed by atoms with Gasteiger partial charge in [0.05, 0.1) is 11.4 Å². The molecule has 1 aromatic heterocycles. The first-order valence-electron chi connectivity index (χ1n) is 8.62. The predicted molar refractivity (Wildman–Crippen MR) is 101 cm³/mol. The van der Waals surface area contributed by atoms with Crippen molar-refractivity contribution in [2.24, 2.45) is 0 Å². The molecule has 1 fully saturated rings. The number of hydrogen-bond donors (Lipinski definition) is 2. The summed E-state index contributed by atoms with van der Waals surface area (Å²) in [6.45, 7) is 0.916. The van der Waals surface area contributed by atoms with Gasteiger partial charge in [-0.15, -0.1) is 11.3 Å². The summed E-state index contributed by atoms with van der Waals surface area (Å²) in [4.78, 5) is 18.4. The largest absolute Gasteiger partial charge is 0.311 e. The number of anilines is 2. The van der Waals surface area contributed by atoms with Crippen molar-refractivity contribution in [2.75, 3.05) is 22.7 Å². The molecule has 2 aliphatic rings. The zero-order valence-electron chi connectivity index (χ0n) is 14.1. The van der Waals surface area contributed by atoms with Crippen molar-refractivity contribution >= 4 is 38.1 Å². The van der Waals surface area contributed by atoms with E-state index in [1.807, 2.05) is 0 Å². The maximum absolute atomic E-state index is 12.5. The van der Waals surface area contributed by atoms with Gasteiger partial charge in [0.25, 0.3) is 10.0 Å². The Bertz CT molecular complexity index is 908. The minimum absolute atomic E-state index is 0.0344. The highest BCUT2D eigenvalue weighted by molar-refractivity contribution is 7.93. The number of nitrogens with zero attached hydrogens (tertiary/aromatic N) is 2. The summed E-state index contributed by atoms with van der Waals surface area (Å²) in [5.41, 5.74) is 1.68. The Morgan fingerprint density at radius 3 is 2.88 bits per heavy atom. The average molecular weight is 393 g/mol. The van der Waals surface area contributed by atoms with Crippen LogP contribution >= 0.6 is 11.3 Å². The molecule has 138 valence electrons. The highest BCUT2D eigenvalue weighted by atomic mass is 32.2. The molecule has 2 aromatic rings. The number of carbonyl (C=O) groups is 1. The lowest BCUT2D eigenvalue weighted by Crippen LogP contribution is -2.43. The average Bonchev–Trinajstić information content (AvgIpc) is 3.21. The monoisotopic (exact) mass is 392 g/mol. The molecular formula is C17H20N4O3S2. The quantitative estimate of drug-likeness (QED) is 0.784. The molecule has 0 unspecified atom stereocenters. The summed E-state index contributed by atoms with van der Waals surface area (Å²) < 4.78 is 27.5.